The van der Waals surface area contributed by atoms with Crippen molar-refractivity contribution in [3.8, 4) is 0 Å². The number of fused-ring (bicyclic) bond motifs is 2. The van der Waals surface area contributed by atoms with Crippen molar-refractivity contribution in [2.45, 2.75) is 74.7 Å². The van der Waals surface area contributed by atoms with Gasteiger partial charge >= 0.3 is 77.2 Å². The number of hydrogen-bond acceptors (Lipinski definition) is 0. The summed E-state index contributed by atoms with van der Waals surface area (Å²) >= 11 is 1.59. The maximum absolute atomic E-state index is 2.24. The Balaban J connectivity index is 0.000000222. The summed E-state index contributed by atoms with van der Waals surface area (Å²) in [5.41, 5.74) is 6.75. The molecule has 0 saturated carbocycles. The van der Waals surface area contributed by atoms with E-state index in [1.807, 2.05) is 0 Å². The van der Waals surface area contributed by atoms with Crippen LogP contribution in [-0.2, 0) is 32.2 Å². The number of aryl methyl sites for hydroxylation is 1. The Kier molecular flexibility index (Phi) is 11.6. The van der Waals surface area contributed by atoms with E-state index in [9.17, 15) is 0 Å². The SMILES string of the molecule is C1=Cc2ccccc2CC1.CC(C)(C)C.CC(C)(C)C.[W]=[C]1C=Cc2ccccc2C1. The Bertz CT molecular complexity index is 846. The zero-order valence-corrected chi connectivity index (χ0v) is 23.9. The molecule has 0 N–H and O–H groups in total. The Labute approximate surface area is 203 Å². The Morgan fingerprint density at radius 1 is 0.613 bits per heavy atom. The molecule has 0 spiro atoms. The molecule has 2 aliphatic rings. The molecule has 2 aromatic carbocycles. The topological polar surface area (TPSA) is 0 Å². The molecule has 0 radical (unpaired) electrons. The van der Waals surface area contributed by atoms with Crippen molar-refractivity contribution >= 4 is 16.0 Å². The summed E-state index contributed by atoms with van der Waals surface area (Å²) in [6, 6.07) is 17.2. The van der Waals surface area contributed by atoms with Crippen LogP contribution in [0.25, 0.3) is 12.2 Å². The number of hydrogen-bond donors (Lipinski definition) is 0. The van der Waals surface area contributed by atoms with Gasteiger partial charge < -0.3 is 0 Å². The molecule has 4 rings (SSSR count). The number of allylic oxidation sites excluding steroid dienone is 2. The van der Waals surface area contributed by atoms with Crippen molar-refractivity contribution in [1.29, 1.82) is 0 Å². The van der Waals surface area contributed by atoms with Crippen molar-refractivity contribution < 1.29 is 19.4 Å². The average molecular weight is 587 g/mol. The van der Waals surface area contributed by atoms with Crippen LogP contribution in [0.15, 0.2) is 60.7 Å². The van der Waals surface area contributed by atoms with Gasteiger partial charge in [-0.25, -0.2) is 0 Å². The minimum absolute atomic E-state index is 0.500. The Hall–Kier alpha value is -1.52. The van der Waals surface area contributed by atoms with Crippen LogP contribution in [0.5, 0.6) is 0 Å². The molecule has 0 heterocycles. The second-order valence-corrected chi connectivity index (χ2v) is 13.2. The van der Waals surface area contributed by atoms with E-state index < -0.39 is 0 Å². The summed E-state index contributed by atoms with van der Waals surface area (Å²) in [6.45, 7) is 17.5. The van der Waals surface area contributed by atoms with Gasteiger partial charge in [0.15, 0.2) is 0 Å². The predicted molar refractivity (Wildman–Crippen MR) is 138 cm³/mol. The maximum atomic E-state index is 2.24. The molecule has 0 saturated heterocycles. The first-order valence-electron chi connectivity index (χ1n) is 11.4. The quantitative estimate of drug-likeness (QED) is 0.290. The third-order valence-corrected chi connectivity index (χ3v) is 4.81. The van der Waals surface area contributed by atoms with Crippen LogP contribution < -0.4 is 0 Å². The van der Waals surface area contributed by atoms with Crippen LogP contribution in [-0.4, -0.2) is 3.90 Å². The average Bonchev–Trinajstić information content (AvgIpc) is 2.66. The standard InChI is InChI=1S/C10H10.C10H8.2C5H12.W/c2*1-2-6-10-8-4-3-7-9(10)5-1;2*1-5(2,3)4;/h1-3,5-7H,4,8H2;1-3,5-7H,8H2;2*1-4H3;. The van der Waals surface area contributed by atoms with Gasteiger partial charge in [-0.15, -0.1) is 0 Å². The van der Waals surface area contributed by atoms with E-state index in [0.717, 1.165) is 6.42 Å². The zero-order chi connectivity index (χ0) is 23.5. The fourth-order valence-electron chi connectivity index (χ4n) is 2.66. The summed E-state index contributed by atoms with van der Waals surface area (Å²) in [6.07, 6.45) is 12.5. The summed E-state index contributed by atoms with van der Waals surface area (Å²) < 4.78 is 1.53. The number of rotatable bonds is 0. The summed E-state index contributed by atoms with van der Waals surface area (Å²) in [7, 11) is 0. The van der Waals surface area contributed by atoms with E-state index in [1.54, 1.807) is 19.4 Å². The van der Waals surface area contributed by atoms with E-state index in [2.05, 4.69) is 128 Å². The molecule has 0 fully saturated rings. The molecule has 168 valence electrons. The molecule has 0 amide bonds. The molecular formula is C30H42W. The molecule has 0 aliphatic heterocycles. The first-order valence-corrected chi connectivity index (χ1v) is 12.8. The third kappa shape index (κ3) is 15.0. The van der Waals surface area contributed by atoms with E-state index in [4.69, 9.17) is 0 Å². The van der Waals surface area contributed by atoms with Gasteiger partial charge in [-0.05, 0) is 34.8 Å². The summed E-state index contributed by atoms with van der Waals surface area (Å²) in [4.78, 5) is 0. The Morgan fingerprint density at radius 3 is 1.58 bits per heavy atom. The molecule has 2 aliphatic carbocycles. The Morgan fingerprint density at radius 2 is 1.06 bits per heavy atom. The molecule has 0 aromatic heterocycles. The van der Waals surface area contributed by atoms with Gasteiger partial charge in [-0.3, -0.25) is 0 Å². The zero-order valence-electron chi connectivity index (χ0n) is 21.0. The molecule has 0 bridgehead atoms. The normalized spacial score (nSPS) is 13.9. The van der Waals surface area contributed by atoms with Crippen molar-refractivity contribution in [2.75, 3.05) is 0 Å². The second-order valence-electron chi connectivity index (χ2n) is 11.3. The third-order valence-electron chi connectivity index (χ3n) is 3.80. The van der Waals surface area contributed by atoms with Crippen LogP contribution in [0.1, 0.15) is 84.1 Å². The van der Waals surface area contributed by atoms with Gasteiger partial charge in [-0.1, -0.05) is 91.8 Å². The van der Waals surface area contributed by atoms with Crippen molar-refractivity contribution in [3.63, 3.8) is 0 Å². The minimum atomic E-state index is 0.500. The van der Waals surface area contributed by atoms with Gasteiger partial charge in [0.05, 0.1) is 0 Å². The van der Waals surface area contributed by atoms with Crippen molar-refractivity contribution in [3.05, 3.63) is 82.9 Å². The molecule has 1 heteroatoms. The van der Waals surface area contributed by atoms with Gasteiger partial charge in [0, 0.05) is 0 Å². The van der Waals surface area contributed by atoms with Gasteiger partial charge in [0.2, 0.25) is 0 Å². The monoisotopic (exact) mass is 586 g/mol. The fourth-order valence-corrected chi connectivity index (χ4v) is 3.46. The second kappa shape index (κ2) is 13.1. The number of benzene rings is 2. The van der Waals surface area contributed by atoms with E-state index in [1.165, 1.54) is 39.0 Å². The van der Waals surface area contributed by atoms with Crippen LogP contribution in [0, 0.1) is 10.8 Å². The first kappa shape index (κ1) is 27.5. The fraction of sp³-hybridized carbons (Fsp3) is 0.433. The summed E-state index contributed by atoms with van der Waals surface area (Å²) in [5.74, 6) is 0. The molecular weight excluding hydrogens is 544 g/mol. The molecule has 0 unspecified atom stereocenters. The van der Waals surface area contributed by atoms with Gasteiger partial charge in [0.25, 0.3) is 0 Å². The van der Waals surface area contributed by atoms with E-state index in [-0.39, 0.29) is 0 Å². The van der Waals surface area contributed by atoms with Crippen LogP contribution in [0.3, 0.4) is 0 Å². The molecule has 0 nitrogen and oxygen atoms in total. The summed E-state index contributed by atoms with van der Waals surface area (Å²) in [5, 5.41) is 0. The van der Waals surface area contributed by atoms with Crippen LogP contribution in [0.2, 0.25) is 0 Å². The van der Waals surface area contributed by atoms with Crippen LogP contribution in [0.4, 0.5) is 0 Å². The van der Waals surface area contributed by atoms with Gasteiger partial charge in [0.1, 0.15) is 0 Å². The predicted octanol–water partition coefficient (Wildman–Crippen LogP) is 8.73. The molecule has 31 heavy (non-hydrogen) atoms. The molecule has 0 atom stereocenters. The first-order chi connectivity index (χ1) is 14.3. The van der Waals surface area contributed by atoms with Crippen molar-refractivity contribution in [1.82, 2.24) is 0 Å². The molecule has 2 aromatic rings. The van der Waals surface area contributed by atoms with E-state index in [0.29, 0.717) is 10.8 Å². The van der Waals surface area contributed by atoms with Gasteiger partial charge in [-0.2, -0.15) is 0 Å². The van der Waals surface area contributed by atoms with Crippen LogP contribution >= 0.6 is 0 Å². The van der Waals surface area contributed by atoms with Crippen molar-refractivity contribution in [2.24, 2.45) is 10.8 Å². The van der Waals surface area contributed by atoms with E-state index >= 15 is 0 Å².